The Bertz CT molecular complexity index is 271. The molecule has 0 saturated heterocycles. The first-order chi connectivity index (χ1) is 8.97. The molecule has 0 aromatic carbocycles. The highest BCUT2D eigenvalue weighted by Gasteiger charge is 2.18. The molecular weight excluding hydrogens is 252 g/mol. The van der Waals surface area contributed by atoms with Gasteiger partial charge in [0.05, 0.1) is 6.61 Å². The molecule has 0 spiro atoms. The Morgan fingerprint density at radius 2 is 1.89 bits per heavy atom. The van der Waals surface area contributed by atoms with Crippen molar-refractivity contribution < 1.29 is 24.5 Å². The molecule has 0 aromatic heterocycles. The summed E-state index contributed by atoms with van der Waals surface area (Å²) in [6.45, 7) is 5.25. The zero-order chi connectivity index (χ0) is 14.7. The van der Waals surface area contributed by atoms with Crippen LogP contribution in [0, 0.1) is 5.92 Å². The predicted molar refractivity (Wildman–Crippen MR) is 69.9 cm³/mol. The Balaban J connectivity index is 3.65. The van der Waals surface area contributed by atoms with Crippen LogP contribution in [0.3, 0.4) is 0 Å². The van der Waals surface area contributed by atoms with Gasteiger partial charge in [0.2, 0.25) is 0 Å². The summed E-state index contributed by atoms with van der Waals surface area (Å²) in [5.74, 6) is -0.594. The van der Waals surface area contributed by atoms with Crippen molar-refractivity contribution in [3.63, 3.8) is 0 Å². The fraction of sp³-hybridized carbons (Fsp3) is 0.833. The number of hydrogen-bond acceptors (Lipinski definition) is 4. The van der Waals surface area contributed by atoms with Crippen LogP contribution >= 0.6 is 0 Å². The molecule has 0 rings (SSSR count). The number of aliphatic carboxylic acids is 1. The zero-order valence-corrected chi connectivity index (χ0v) is 11.5. The molecular formula is C12H24N2O5. The van der Waals surface area contributed by atoms with Crippen molar-refractivity contribution in [3.05, 3.63) is 0 Å². The number of urea groups is 1. The number of carboxylic acid groups (broad SMARTS) is 1. The van der Waals surface area contributed by atoms with Gasteiger partial charge in [0.15, 0.2) is 0 Å². The summed E-state index contributed by atoms with van der Waals surface area (Å²) in [6.07, 6.45) is 0.942. The van der Waals surface area contributed by atoms with Crippen molar-refractivity contribution in [2.45, 2.75) is 32.7 Å². The molecule has 0 saturated carbocycles. The average molecular weight is 276 g/mol. The van der Waals surface area contributed by atoms with Gasteiger partial charge in [-0.2, -0.15) is 0 Å². The molecule has 112 valence electrons. The monoisotopic (exact) mass is 276 g/mol. The first-order valence-corrected chi connectivity index (χ1v) is 6.43. The Labute approximate surface area is 113 Å². The highest BCUT2D eigenvalue weighted by Crippen LogP contribution is 1.98. The Morgan fingerprint density at radius 3 is 2.42 bits per heavy atom. The maximum atomic E-state index is 11.4. The van der Waals surface area contributed by atoms with Gasteiger partial charge in [0.1, 0.15) is 6.04 Å². The number of rotatable bonds is 10. The van der Waals surface area contributed by atoms with Crippen molar-refractivity contribution in [1.82, 2.24) is 10.6 Å². The lowest BCUT2D eigenvalue weighted by Gasteiger charge is -2.14. The predicted octanol–water partition coefficient (Wildman–Crippen LogP) is 0.184. The lowest BCUT2D eigenvalue weighted by atomic mass is 10.1. The summed E-state index contributed by atoms with van der Waals surface area (Å²) in [5.41, 5.74) is 0. The van der Waals surface area contributed by atoms with Gasteiger partial charge >= 0.3 is 12.0 Å². The Kier molecular flexibility index (Phi) is 9.82. The van der Waals surface area contributed by atoms with E-state index in [-0.39, 0.29) is 13.0 Å². The topological polar surface area (TPSA) is 108 Å². The first kappa shape index (κ1) is 17.7. The molecule has 2 amide bonds. The summed E-state index contributed by atoms with van der Waals surface area (Å²) in [7, 11) is 0. The van der Waals surface area contributed by atoms with Crippen LogP contribution < -0.4 is 10.6 Å². The Hall–Kier alpha value is -1.34. The number of amides is 2. The highest BCUT2D eigenvalue weighted by molar-refractivity contribution is 5.82. The number of aliphatic hydroxyl groups excluding tert-OH is 1. The van der Waals surface area contributed by atoms with Crippen molar-refractivity contribution >= 4 is 12.0 Å². The molecule has 0 aliphatic heterocycles. The third-order valence-electron chi connectivity index (χ3n) is 2.39. The summed E-state index contributed by atoms with van der Waals surface area (Å²) < 4.78 is 5.30. The summed E-state index contributed by atoms with van der Waals surface area (Å²) >= 11 is 0. The van der Waals surface area contributed by atoms with Crippen LogP contribution in [0.25, 0.3) is 0 Å². The largest absolute Gasteiger partial charge is 0.480 e. The smallest absolute Gasteiger partial charge is 0.326 e. The minimum atomic E-state index is -1.17. The van der Waals surface area contributed by atoms with Crippen molar-refractivity contribution in [2.75, 3.05) is 26.4 Å². The second-order valence-electron chi connectivity index (χ2n) is 4.60. The quantitative estimate of drug-likeness (QED) is 0.426. The molecule has 0 aliphatic carbocycles. The van der Waals surface area contributed by atoms with Crippen LogP contribution in [0.4, 0.5) is 4.79 Å². The van der Waals surface area contributed by atoms with Crippen LogP contribution in [0.5, 0.6) is 0 Å². The van der Waals surface area contributed by atoms with E-state index < -0.39 is 18.0 Å². The minimum absolute atomic E-state index is 0.0202. The van der Waals surface area contributed by atoms with Crippen LogP contribution in [-0.4, -0.2) is 54.6 Å². The molecule has 0 fully saturated rings. The maximum Gasteiger partial charge on any atom is 0.326 e. The molecule has 7 nitrogen and oxygen atoms in total. The molecule has 0 bridgehead atoms. The SMILES string of the molecule is CC(C)CCOCCNC(=O)N[C@H](CCO)C(=O)O. The lowest BCUT2D eigenvalue weighted by molar-refractivity contribution is -0.139. The molecule has 0 radical (unpaired) electrons. The minimum Gasteiger partial charge on any atom is -0.480 e. The second kappa shape index (κ2) is 10.6. The lowest BCUT2D eigenvalue weighted by Crippen LogP contribution is -2.47. The number of aliphatic hydroxyl groups is 1. The van der Waals surface area contributed by atoms with E-state index >= 15 is 0 Å². The van der Waals surface area contributed by atoms with E-state index in [1.165, 1.54) is 0 Å². The molecule has 0 heterocycles. The van der Waals surface area contributed by atoms with Gasteiger partial charge in [-0.3, -0.25) is 0 Å². The number of carbonyl (C=O) groups excluding carboxylic acids is 1. The van der Waals surface area contributed by atoms with E-state index in [2.05, 4.69) is 24.5 Å². The van der Waals surface area contributed by atoms with Gasteiger partial charge in [0, 0.05) is 26.2 Å². The molecule has 0 aliphatic rings. The normalized spacial score (nSPS) is 12.2. The first-order valence-electron chi connectivity index (χ1n) is 6.43. The highest BCUT2D eigenvalue weighted by atomic mass is 16.5. The fourth-order valence-corrected chi connectivity index (χ4v) is 1.25. The number of carbonyl (C=O) groups is 2. The number of ether oxygens (including phenoxy) is 1. The third-order valence-corrected chi connectivity index (χ3v) is 2.39. The van der Waals surface area contributed by atoms with E-state index in [9.17, 15) is 9.59 Å². The van der Waals surface area contributed by atoms with Gasteiger partial charge in [-0.1, -0.05) is 13.8 Å². The van der Waals surface area contributed by atoms with E-state index in [0.29, 0.717) is 25.7 Å². The number of hydrogen-bond donors (Lipinski definition) is 4. The number of nitrogens with one attached hydrogen (secondary N) is 2. The molecule has 4 N–H and O–H groups in total. The summed E-state index contributed by atoms with van der Waals surface area (Å²) in [4.78, 5) is 22.1. The van der Waals surface area contributed by atoms with Crippen LogP contribution in [0.2, 0.25) is 0 Å². The van der Waals surface area contributed by atoms with Gasteiger partial charge in [-0.25, -0.2) is 9.59 Å². The van der Waals surface area contributed by atoms with Gasteiger partial charge < -0.3 is 25.6 Å². The number of carboxylic acids is 1. The van der Waals surface area contributed by atoms with Crippen LogP contribution in [-0.2, 0) is 9.53 Å². The Morgan fingerprint density at radius 1 is 1.21 bits per heavy atom. The van der Waals surface area contributed by atoms with Gasteiger partial charge in [0.25, 0.3) is 0 Å². The fourth-order valence-electron chi connectivity index (χ4n) is 1.25. The van der Waals surface area contributed by atoms with Crippen molar-refractivity contribution in [2.24, 2.45) is 5.92 Å². The van der Waals surface area contributed by atoms with Crippen LogP contribution in [0.1, 0.15) is 26.7 Å². The van der Waals surface area contributed by atoms with Crippen LogP contribution in [0.15, 0.2) is 0 Å². The average Bonchev–Trinajstić information content (AvgIpc) is 2.32. The second-order valence-corrected chi connectivity index (χ2v) is 4.60. The van der Waals surface area contributed by atoms with E-state index in [0.717, 1.165) is 6.42 Å². The summed E-state index contributed by atoms with van der Waals surface area (Å²) in [6, 6.07) is -1.65. The standard InChI is InChI=1S/C12H24N2O5/c1-9(2)4-7-19-8-5-13-12(18)14-10(3-6-15)11(16)17/h9-10,15H,3-8H2,1-2H3,(H,16,17)(H2,13,14,18)/t10-/m1/s1. The van der Waals surface area contributed by atoms with Gasteiger partial charge in [-0.05, 0) is 12.3 Å². The van der Waals surface area contributed by atoms with Gasteiger partial charge in [-0.15, -0.1) is 0 Å². The van der Waals surface area contributed by atoms with E-state index in [1.54, 1.807) is 0 Å². The molecule has 7 heteroatoms. The van der Waals surface area contributed by atoms with Crippen molar-refractivity contribution in [1.29, 1.82) is 0 Å². The van der Waals surface area contributed by atoms with E-state index in [4.69, 9.17) is 14.9 Å². The van der Waals surface area contributed by atoms with Crippen molar-refractivity contribution in [3.8, 4) is 0 Å². The molecule has 0 unspecified atom stereocenters. The third kappa shape index (κ3) is 10.3. The van der Waals surface area contributed by atoms with E-state index in [1.807, 2.05) is 0 Å². The summed E-state index contributed by atoms with van der Waals surface area (Å²) in [5, 5.41) is 22.2. The maximum absolute atomic E-state index is 11.4. The molecule has 1 atom stereocenters. The molecule has 19 heavy (non-hydrogen) atoms. The molecule has 0 aromatic rings. The zero-order valence-electron chi connectivity index (χ0n) is 11.5.